The summed E-state index contributed by atoms with van der Waals surface area (Å²) in [6, 6.07) is 10.6. The predicted molar refractivity (Wildman–Crippen MR) is 67.5 cm³/mol. The Labute approximate surface area is 102 Å². The Morgan fingerprint density at radius 3 is 2.88 bits per heavy atom. The van der Waals surface area contributed by atoms with Crippen LogP contribution in [0.2, 0.25) is 0 Å². The van der Waals surface area contributed by atoms with E-state index >= 15 is 0 Å². The van der Waals surface area contributed by atoms with Gasteiger partial charge in [-0.2, -0.15) is 0 Å². The lowest BCUT2D eigenvalue weighted by atomic mass is 9.93. The Balaban J connectivity index is 1.67. The Kier molecular flexibility index (Phi) is 2.81. The van der Waals surface area contributed by atoms with Crippen LogP contribution in [0.1, 0.15) is 18.4 Å². The van der Waals surface area contributed by atoms with Crippen LogP contribution in [-0.4, -0.2) is 23.8 Å². The average Bonchev–Trinajstić information content (AvgIpc) is 2.70. The van der Waals surface area contributed by atoms with Gasteiger partial charge in [-0.05, 0) is 36.1 Å². The summed E-state index contributed by atoms with van der Waals surface area (Å²) in [6.45, 7) is 3.09. The van der Waals surface area contributed by atoms with Crippen molar-refractivity contribution in [3.05, 3.63) is 47.5 Å². The maximum absolute atomic E-state index is 11.4. The number of fused-ring (bicyclic) bond motifs is 1. The molecular weight excluding hydrogens is 210 g/mol. The van der Waals surface area contributed by atoms with E-state index in [1.165, 1.54) is 11.1 Å². The molecule has 88 valence electrons. The van der Waals surface area contributed by atoms with Crippen LogP contribution in [0.5, 0.6) is 0 Å². The third-order valence-corrected chi connectivity index (χ3v) is 3.77. The molecule has 0 N–H and O–H groups in total. The maximum atomic E-state index is 11.4. The highest BCUT2D eigenvalue weighted by Crippen LogP contribution is 2.31. The first kappa shape index (κ1) is 10.7. The van der Waals surface area contributed by atoms with E-state index in [4.69, 9.17) is 0 Å². The van der Waals surface area contributed by atoms with Crippen molar-refractivity contribution in [1.82, 2.24) is 4.90 Å². The average molecular weight is 227 g/mol. The van der Waals surface area contributed by atoms with Crippen molar-refractivity contribution in [1.29, 1.82) is 0 Å². The van der Waals surface area contributed by atoms with Gasteiger partial charge in [0.25, 0.3) is 0 Å². The molecule has 17 heavy (non-hydrogen) atoms. The number of piperidine rings is 1. The molecule has 2 heteroatoms. The summed E-state index contributed by atoms with van der Waals surface area (Å²) < 4.78 is 0. The molecule has 0 radical (unpaired) electrons. The van der Waals surface area contributed by atoms with Gasteiger partial charge < -0.3 is 0 Å². The lowest BCUT2D eigenvalue weighted by molar-refractivity contribution is -0.114. The summed E-state index contributed by atoms with van der Waals surface area (Å²) in [6.07, 6.45) is 3.78. The highest BCUT2D eigenvalue weighted by atomic mass is 16.1. The molecule has 0 spiro atoms. The van der Waals surface area contributed by atoms with E-state index in [0.29, 0.717) is 11.7 Å². The smallest absolute Gasteiger partial charge is 0.156 e. The summed E-state index contributed by atoms with van der Waals surface area (Å²) in [4.78, 5) is 13.8. The largest absolute Gasteiger partial charge is 0.295 e. The normalized spacial score (nSPS) is 24.6. The van der Waals surface area contributed by atoms with Gasteiger partial charge in [-0.15, -0.1) is 0 Å². The van der Waals surface area contributed by atoms with Gasteiger partial charge in [-0.1, -0.05) is 30.3 Å². The molecule has 1 heterocycles. The van der Waals surface area contributed by atoms with Crippen LogP contribution in [0.25, 0.3) is 0 Å². The van der Waals surface area contributed by atoms with Gasteiger partial charge in [0.2, 0.25) is 0 Å². The van der Waals surface area contributed by atoms with Crippen LogP contribution in [-0.2, 0) is 11.3 Å². The lowest BCUT2D eigenvalue weighted by Crippen LogP contribution is -2.33. The molecule has 2 aliphatic rings. The first-order valence-electron chi connectivity index (χ1n) is 6.31. The molecule has 1 saturated heterocycles. The van der Waals surface area contributed by atoms with E-state index in [-0.39, 0.29) is 0 Å². The quantitative estimate of drug-likeness (QED) is 0.773. The number of carbonyl (C=O) groups excluding carboxylic acids is 1. The standard InChI is InChI=1S/C15H17NO/c17-15-8-13-6-7-16(11-14(13)9-15)10-12-4-2-1-3-5-12/h1-5,9,13H,6-8,10-11H2. The minimum Gasteiger partial charge on any atom is -0.295 e. The number of carbonyl (C=O) groups is 1. The Bertz CT molecular complexity index is 449. The summed E-state index contributed by atoms with van der Waals surface area (Å²) in [5, 5.41) is 0. The van der Waals surface area contributed by atoms with Crippen molar-refractivity contribution >= 4 is 5.78 Å². The minimum absolute atomic E-state index is 0.326. The second-order valence-corrected chi connectivity index (χ2v) is 5.07. The fourth-order valence-electron chi connectivity index (χ4n) is 2.87. The van der Waals surface area contributed by atoms with Crippen molar-refractivity contribution in [2.75, 3.05) is 13.1 Å². The molecule has 1 aliphatic carbocycles. The highest BCUT2D eigenvalue weighted by molar-refractivity contribution is 5.93. The Morgan fingerprint density at radius 1 is 1.24 bits per heavy atom. The van der Waals surface area contributed by atoms with E-state index in [0.717, 1.165) is 32.5 Å². The van der Waals surface area contributed by atoms with E-state index in [2.05, 4.69) is 29.2 Å². The number of nitrogens with zero attached hydrogens (tertiary/aromatic N) is 1. The highest BCUT2D eigenvalue weighted by Gasteiger charge is 2.29. The second kappa shape index (κ2) is 4.46. The number of allylic oxidation sites excluding steroid dienone is 1. The van der Waals surface area contributed by atoms with E-state index in [9.17, 15) is 4.79 Å². The van der Waals surface area contributed by atoms with E-state index < -0.39 is 0 Å². The number of likely N-dealkylation sites (tertiary alicyclic amines) is 1. The number of hydrogen-bond acceptors (Lipinski definition) is 2. The molecule has 1 aliphatic heterocycles. The van der Waals surface area contributed by atoms with Gasteiger partial charge in [-0.3, -0.25) is 9.69 Å². The summed E-state index contributed by atoms with van der Waals surface area (Å²) in [5.41, 5.74) is 2.72. The predicted octanol–water partition coefficient (Wildman–Crippen LogP) is 2.41. The number of benzene rings is 1. The molecular formula is C15H17NO. The van der Waals surface area contributed by atoms with Crippen LogP contribution >= 0.6 is 0 Å². The first-order chi connectivity index (χ1) is 8.31. The molecule has 3 rings (SSSR count). The molecule has 1 aromatic rings. The zero-order chi connectivity index (χ0) is 11.7. The summed E-state index contributed by atoms with van der Waals surface area (Å²) in [7, 11) is 0. The number of ketones is 1. The van der Waals surface area contributed by atoms with Gasteiger partial charge in [-0.25, -0.2) is 0 Å². The summed E-state index contributed by atoms with van der Waals surface area (Å²) >= 11 is 0. The van der Waals surface area contributed by atoms with Crippen LogP contribution < -0.4 is 0 Å². The fourth-order valence-corrected chi connectivity index (χ4v) is 2.87. The molecule has 1 fully saturated rings. The van der Waals surface area contributed by atoms with E-state index in [1.54, 1.807) is 0 Å². The van der Waals surface area contributed by atoms with Gasteiger partial charge in [0.1, 0.15) is 0 Å². The molecule has 0 amide bonds. The van der Waals surface area contributed by atoms with Crippen molar-refractivity contribution < 1.29 is 4.79 Å². The lowest BCUT2D eigenvalue weighted by Gasteiger charge is -2.31. The van der Waals surface area contributed by atoms with Crippen molar-refractivity contribution in [3.8, 4) is 0 Å². The van der Waals surface area contributed by atoms with Crippen molar-refractivity contribution in [2.24, 2.45) is 5.92 Å². The van der Waals surface area contributed by atoms with Crippen molar-refractivity contribution in [2.45, 2.75) is 19.4 Å². The van der Waals surface area contributed by atoms with Gasteiger partial charge in [0.15, 0.2) is 5.78 Å². The van der Waals surface area contributed by atoms with E-state index in [1.807, 2.05) is 12.1 Å². The first-order valence-corrected chi connectivity index (χ1v) is 6.31. The zero-order valence-corrected chi connectivity index (χ0v) is 9.93. The zero-order valence-electron chi connectivity index (χ0n) is 9.93. The number of hydrogen-bond donors (Lipinski definition) is 0. The molecule has 1 aromatic carbocycles. The molecule has 0 bridgehead atoms. The third-order valence-electron chi connectivity index (χ3n) is 3.77. The van der Waals surface area contributed by atoms with Crippen LogP contribution in [0.3, 0.4) is 0 Å². The van der Waals surface area contributed by atoms with Crippen LogP contribution in [0.15, 0.2) is 42.0 Å². The SMILES string of the molecule is O=C1C=C2CN(Cc3ccccc3)CCC2C1. The van der Waals surface area contributed by atoms with Crippen LogP contribution in [0.4, 0.5) is 0 Å². The fraction of sp³-hybridized carbons (Fsp3) is 0.400. The van der Waals surface area contributed by atoms with Gasteiger partial charge >= 0.3 is 0 Å². The third kappa shape index (κ3) is 2.32. The molecule has 1 atom stereocenters. The molecule has 0 aromatic heterocycles. The molecule has 1 unspecified atom stereocenters. The molecule has 0 saturated carbocycles. The van der Waals surface area contributed by atoms with Gasteiger partial charge in [0, 0.05) is 19.5 Å². The Hall–Kier alpha value is -1.41. The monoisotopic (exact) mass is 227 g/mol. The maximum Gasteiger partial charge on any atom is 0.156 e. The number of rotatable bonds is 2. The minimum atomic E-state index is 0.326. The van der Waals surface area contributed by atoms with Crippen molar-refractivity contribution in [3.63, 3.8) is 0 Å². The van der Waals surface area contributed by atoms with Crippen LogP contribution in [0, 0.1) is 5.92 Å². The molecule has 2 nitrogen and oxygen atoms in total. The van der Waals surface area contributed by atoms with Gasteiger partial charge in [0.05, 0.1) is 0 Å². The topological polar surface area (TPSA) is 20.3 Å². The second-order valence-electron chi connectivity index (χ2n) is 5.07. The Morgan fingerprint density at radius 2 is 2.06 bits per heavy atom. The summed E-state index contributed by atoms with van der Waals surface area (Å²) in [5.74, 6) is 0.876.